The van der Waals surface area contributed by atoms with Gasteiger partial charge in [-0.15, -0.1) is 0 Å². The van der Waals surface area contributed by atoms with E-state index in [2.05, 4.69) is 17.9 Å². The molecule has 4 nitrogen and oxygen atoms in total. The second-order valence-corrected chi connectivity index (χ2v) is 4.57. The summed E-state index contributed by atoms with van der Waals surface area (Å²) in [7, 11) is 3.37. The fraction of sp³-hybridized carbons (Fsp3) is 0.533. The molecule has 0 spiro atoms. The van der Waals surface area contributed by atoms with Crippen LogP contribution in [0.25, 0.3) is 0 Å². The third kappa shape index (κ3) is 3.95. The fourth-order valence-electron chi connectivity index (χ4n) is 2.20. The number of anilines is 1. The zero-order valence-corrected chi connectivity index (χ0v) is 12.1. The van der Waals surface area contributed by atoms with Gasteiger partial charge in [0.15, 0.2) is 0 Å². The van der Waals surface area contributed by atoms with Crippen LogP contribution in [0.2, 0.25) is 0 Å². The van der Waals surface area contributed by atoms with Crippen LogP contribution in [0.4, 0.5) is 5.69 Å². The molecule has 0 bridgehead atoms. The number of methoxy groups -OCH3 is 2. The highest BCUT2D eigenvalue weighted by Crippen LogP contribution is 2.26. The molecule has 1 aromatic carbocycles. The number of rotatable bonds is 7. The van der Waals surface area contributed by atoms with E-state index < -0.39 is 0 Å². The van der Waals surface area contributed by atoms with Gasteiger partial charge in [0.25, 0.3) is 0 Å². The maximum absolute atomic E-state index is 9.29. The van der Waals surface area contributed by atoms with Gasteiger partial charge in [-0.1, -0.05) is 12.1 Å². The molecule has 0 fully saturated rings. The SMILES string of the molecule is COCCN(c1c(C)cccc1C#N)C(C)COC. The average Bonchev–Trinajstić information content (AvgIpc) is 2.40. The zero-order valence-electron chi connectivity index (χ0n) is 12.1. The molecule has 0 N–H and O–H groups in total. The minimum Gasteiger partial charge on any atom is -0.383 e. The van der Waals surface area contributed by atoms with Crippen LogP contribution in [0.1, 0.15) is 18.1 Å². The molecule has 1 aromatic rings. The molecule has 0 saturated carbocycles. The molecule has 1 rings (SSSR count). The maximum Gasteiger partial charge on any atom is 0.101 e. The number of hydrogen-bond acceptors (Lipinski definition) is 4. The van der Waals surface area contributed by atoms with Crippen LogP contribution >= 0.6 is 0 Å². The van der Waals surface area contributed by atoms with Gasteiger partial charge in [0, 0.05) is 26.8 Å². The van der Waals surface area contributed by atoms with Gasteiger partial charge < -0.3 is 14.4 Å². The van der Waals surface area contributed by atoms with Gasteiger partial charge in [0.2, 0.25) is 0 Å². The van der Waals surface area contributed by atoms with E-state index in [0.29, 0.717) is 18.8 Å². The van der Waals surface area contributed by atoms with Crippen molar-refractivity contribution in [2.45, 2.75) is 19.9 Å². The fourth-order valence-corrected chi connectivity index (χ4v) is 2.20. The quantitative estimate of drug-likeness (QED) is 0.756. The van der Waals surface area contributed by atoms with Crippen LogP contribution in [0.5, 0.6) is 0 Å². The number of nitriles is 1. The van der Waals surface area contributed by atoms with Gasteiger partial charge in [-0.25, -0.2) is 0 Å². The highest BCUT2D eigenvalue weighted by molar-refractivity contribution is 5.64. The molecule has 0 saturated heterocycles. The van der Waals surface area contributed by atoms with E-state index >= 15 is 0 Å². The summed E-state index contributed by atoms with van der Waals surface area (Å²) in [6.45, 7) is 6.08. The summed E-state index contributed by atoms with van der Waals surface area (Å²) in [6.07, 6.45) is 0. The van der Waals surface area contributed by atoms with Crippen LogP contribution in [-0.2, 0) is 9.47 Å². The minimum absolute atomic E-state index is 0.188. The molecular formula is C15H22N2O2. The molecule has 0 amide bonds. The first-order valence-electron chi connectivity index (χ1n) is 6.40. The van der Waals surface area contributed by atoms with Gasteiger partial charge in [0.1, 0.15) is 6.07 Å². The molecule has 0 radical (unpaired) electrons. The summed E-state index contributed by atoms with van der Waals surface area (Å²) in [5.41, 5.74) is 2.77. The monoisotopic (exact) mass is 262 g/mol. The lowest BCUT2D eigenvalue weighted by atomic mass is 10.1. The number of aryl methyl sites for hydroxylation is 1. The predicted octanol–water partition coefficient (Wildman–Crippen LogP) is 2.35. The van der Waals surface area contributed by atoms with Crippen LogP contribution in [0, 0.1) is 18.3 Å². The Labute approximate surface area is 115 Å². The standard InChI is InChI=1S/C15H22N2O2/c1-12-6-5-7-14(10-16)15(12)17(8-9-18-3)13(2)11-19-4/h5-7,13H,8-9,11H2,1-4H3. The highest BCUT2D eigenvalue weighted by atomic mass is 16.5. The van der Waals surface area contributed by atoms with E-state index in [4.69, 9.17) is 9.47 Å². The van der Waals surface area contributed by atoms with Gasteiger partial charge >= 0.3 is 0 Å². The Morgan fingerprint density at radius 2 is 2.05 bits per heavy atom. The van der Waals surface area contributed by atoms with E-state index in [1.165, 1.54) is 0 Å². The molecule has 0 aliphatic rings. The molecule has 0 aliphatic carbocycles. The third-order valence-corrected chi connectivity index (χ3v) is 3.12. The van der Waals surface area contributed by atoms with Gasteiger partial charge in [-0.2, -0.15) is 5.26 Å². The maximum atomic E-state index is 9.29. The normalized spacial score (nSPS) is 11.9. The minimum atomic E-state index is 0.188. The first-order valence-corrected chi connectivity index (χ1v) is 6.40. The van der Waals surface area contributed by atoms with Crippen molar-refractivity contribution in [2.75, 3.05) is 38.9 Å². The Hall–Kier alpha value is -1.57. The van der Waals surface area contributed by atoms with Crippen LogP contribution in [0.15, 0.2) is 18.2 Å². The molecular weight excluding hydrogens is 240 g/mol. The largest absolute Gasteiger partial charge is 0.383 e. The Kier molecular flexibility index (Phi) is 6.34. The second kappa shape index (κ2) is 7.78. The molecule has 1 atom stereocenters. The number of hydrogen-bond donors (Lipinski definition) is 0. The lowest BCUT2D eigenvalue weighted by Crippen LogP contribution is -2.39. The summed E-state index contributed by atoms with van der Waals surface area (Å²) in [6, 6.07) is 8.24. The van der Waals surface area contributed by atoms with E-state index in [-0.39, 0.29) is 6.04 Å². The van der Waals surface area contributed by atoms with Crippen molar-refractivity contribution < 1.29 is 9.47 Å². The third-order valence-electron chi connectivity index (χ3n) is 3.12. The number of nitrogens with zero attached hydrogens (tertiary/aromatic N) is 2. The number of ether oxygens (including phenoxy) is 2. The van der Waals surface area contributed by atoms with Gasteiger partial charge in [-0.3, -0.25) is 0 Å². The topological polar surface area (TPSA) is 45.5 Å². The first-order chi connectivity index (χ1) is 9.15. The number of benzene rings is 1. The number of para-hydroxylation sites is 1. The van der Waals surface area contributed by atoms with Crippen LogP contribution in [-0.4, -0.2) is 40.0 Å². The Morgan fingerprint density at radius 1 is 1.32 bits per heavy atom. The summed E-state index contributed by atoms with van der Waals surface area (Å²) < 4.78 is 10.4. The molecule has 1 unspecified atom stereocenters. The molecule has 0 aromatic heterocycles. The molecule has 0 aliphatic heterocycles. The highest BCUT2D eigenvalue weighted by Gasteiger charge is 2.19. The van der Waals surface area contributed by atoms with Crippen molar-refractivity contribution in [3.8, 4) is 6.07 Å². The van der Waals surface area contributed by atoms with Crippen molar-refractivity contribution in [3.05, 3.63) is 29.3 Å². The van der Waals surface area contributed by atoms with Gasteiger partial charge in [-0.05, 0) is 25.5 Å². The Balaban J connectivity index is 3.13. The van der Waals surface area contributed by atoms with E-state index in [0.717, 1.165) is 17.8 Å². The van der Waals surface area contributed by atoms with E-state index in [1.807, 2.05) is 25.1 Å². The van der Waals surface area contributed by atoms with Crippen LogP contribution < -0.4 is 4.90 Å². The molecule has 0 heterocycles. The van der Waals surface area contributed by atoms with E-state index in [1.54, 1.807) is 14.2 Å². The first kappa shape index (κ1) is 15.5. The average molecular weight is 262 g/mol. The summed E-state index contributed by atoms with van der Waals surface area (Å²) in [4.78, 5) is 2.18. The van der Waals surface area contributed by atoms with E-state index in [9.17, 15) is 5.26 Å². The van der Waals surface area contributed by atoms with Crippen LogP contribution in [0.3, 0.4) is 0 Å². The zero-order chi connectivity index (χ0) is 14.3. The summed E-state index contributed by atoms with van der Waals surface area (Å²) in [5, 5.41) is 9.29. The Bertz CT molecular complexity index is 440. The lowest BCUT2D eigenvalue weighted by Gasteiger charge is -2.32. The summed E-state index contributed by atoms with van der Waals surface area (Å²) >= 11 is 0. The predicted molar refractivity (Wildman–Crippen MR) is 76.5 cm³/mol. The molecule has 19 heavy (non-hydrogen) atoms. The van der Waals surface area contributed by atoms with Crippen molar-refractivity contribution >= 4 is 5.69 Å². The lowest BCUT2D eigenvalue weighted by molar-refractivity contribution is 0.171. The second-order valence-electron chi connectivity index (χ2n) is 4.57. The molecule has 4 heteroatoms. The van der Waals surface area contributed by atoms with Crippen molar-refractivity contribution in [1.82, 2.24) is 0 Å². The Morgan fingerprint density at radius 3 is 2.63 bits per heavy atom. The van der Waals surface area contributed by atoms with Crippen molar-refractivity contribution in [1.29, 1.82) is 5.26 Å². The van der Waals surface area contributed by atoms with Gasteiger partial charge in [0.05, 0.1) is 24.5 Å². The van der Waals surface area contributed by atoms with Crippen molar-refractivity contribution in [3.63, 3.8) is 0 Å². The molecule has 104 valence electrons. The summed E-state index contributed by atoms with van der Waals surface area (Å²) in [5.74, 6) is 0. The van der Waals surface area contributed by atoms with Crippen molar-refractivity contribution in [2.24, 2.45) is 0 Å². The smallest absolute Gasteiger partial charge is 0.101 e.